The van der Waals surface area contributed by atoms with E-state index in [9.17, 15) is 10.2 Å². The van der Waals surface area contributed by atoms with E-state index in [0.29, 0.717) is 5.56 Å². The zero-order valence-corrected chi connectivity index (χ0v) is 10.7. The van der Waals surface area contributed by atoms with Crippen molar-refractivity contribution in [3.8, 4) is 5.75 Å². The van der Waals surface area contributed by atoms with Crippen molar-refractivity contribution >= 4 is 5.69 Å². The number of nitrogens with two attached hydrogens (primary N) is 1. The maximum absolute atomic E-state index is 9.93. The number of aromatic hydroxyl groups is 1. The molecule has 0 aliphatic heterocycles. The first-order chi connectivity index (χ1) is 8.01. The fraction of sp³-hybridized carbons (Fsp3) is 0.538. The van der Waals surface area contributed by atoms with E-state index in [1.165, 1.54) is 0 Å². The number of aliphatic hydroxyl groups excluding tert-OH is 1. The van der Waals surface area contributed by atoms with Crippen LogP contribution in [0.1, 0.15) is 32.4 Å². The fourth-order valence-corrected chi connectivity index (χ4v) is 1.86. The van der Waals surface area contributed by atoms with Crippen molar-refractivity contribution < 1.29 is 10.2 Å². The van der Waals surface area contributed by atoms with Gasteiger partial charge in [-0.3, -0.25) is 0 Å². The van der Waals surface area contributed by atoms with Crippen molar-refractivity contribution in [2.75, 3.05) is 18.0 Å². The molecule has 0 amide bonds. The highest BCUT2D eigenvalue weighted by atomic mass is 16.3. The Morgan fingerprint density at radius 1 is 1.29 bits per heavy atom. The van der Waals surface area contributed by atoms with Crippen LogP contribution in [0.3, 0.4) is 0 Å². The number of phenolic OH excluding ortho intramolecular Hbond substituents is 1. The lowest BCUT2D eigenvalue weighted by atomic mass is 10.0. The van der Waals surface area contributed by atoms with E-state index in [4.69, 9.17) is 5.73 Å². The van der Waals surface area contributed by atoms with E-state index >= 15 is 0 Å². The van der Waals surface area contributed by atoms with E-state index in [-0.39, 0.29) is 5.75 Å². The second-order valence-electron chi connectivity index (χ2n) is 4.18. The Labute approximate surface area is 103 Å². The summed E-state index contributed by atoms with van der Waals surface area (Å²) in [6.45, 7) is 7.52. The summed E-state index contributed by atoms with van der Waals surface area (Å²) < 4.78 is 0. The number of anilines is 1. The smallest absolute Gasteiger partial charge is 0.122 e. The number of hydrogen-bond donors (Lipinski definition) is 3. The predicted molar refractivity (Wildman–Crippen MR) is 70.3 cm³/mol. The quantitative estimate of drug-likeness (QED) is 0.729. The molecule has 0 heterocycles. The van der Waals surface area contributed by atoms with Crippen LogP contribution < -0.4 is 10.6 Å². The van der Waals surface area contributed by atoms with Gasteiger partial charge in [0.25, 0.3) is 0 Å². The molecule has 17 heavy (non-hydrogen) atoms. The first kappa shape index (κ1) is 13.8. The zero-order valence-electron chi connectivity index (χ0n) is 10.7. The molecule has 0 aliphatic rings. The fourth-order valence-electron chi connectivity index (χ4n) is 1.86. The largest absolute Gasteiger partial charge is 0.508 e. The third kappa shape index (κ3) is 3.11. The number of phenols is 1. The molecule has 0 spiro atoms. The highest BCUT2D eigenvalue weighted by molar-refractivity contribution is 5.54. The molecule has 0 aliphatic carbocycles. The van der Waals surface area contributed by atoms with Crippen LogP contribution in [0.5, 0.6) is 5.75 Å². The van der Waals surface area contributed by atoms with Crippen LogP contribution >= 0.6 is 0 Å². The Morgan fingerprint density at radius 3 is 2.29 bits per heavy atom. The van der Waals surface area contributed by atoms with Gasteiger partial charge in [-0.1, -0.05) is 6.07 Å². The molecule has 1 aromatic rings. The van der Waals surface area contributed by atoms with Crippen LogP contribution in [0.25, 0.3) is 0 Å². The highest BCUT2D eigenvalue weighted by Gasteiger charge is 2.16. The summed E-state index contributed by atoms with van der Waals surface area (Å²) in [6, 6.07) is 4.84. The third-order valence-corrected chi connectivity index (χ3v) is 3.02. The van der Waals surface area contributed by atoms with E-state index < -0.39 is 12.1 Å². The first-order valence-corrected chi connectivity index (χ1v) is 6.02. The second kappa shape index (κ2) is 5.89. The number of benzene rings is 1. The maximum atomic E-state index is 9.93. The molecule has 4 N–H and O–H groups in total. The molecule has 1 aromatic carbocycles. The third-order valence-electron chi connectivity index (χ3n) is 3.02. The number of hydrogen-bond acceptors (Lipinski definition) is 4. The molecular formula is C13H22N2O2. The SMILES string of the molecule is CCN(CC)c1ccc([C@H](N)[C@@H](C)O)c(O)c1. The minimum atomic E-state index is -0.680. The Morgan fingerprint density at radius 2 is 1.88 bits per heavy atom. The van der Waals surface area contributed by atoms with Crippen LogP contribution in [0.15, 0.2) is 18.2 Å². The molecular weight excluding hydrogens is 216 g/mol. The van der Waals surface area contributed by atoms with Crippen molar-refractivity contribution in [3.63, 3.8) is 0 Å². The minimum absolute atomic E-state index is 0.141. The van der Waals surface area contributed by atoms with E-state index in [2.05, 4.69) is 18.7 Å². The highest BCUT2D eigenvalue weighted by Crippen LogP contribution is 2.29. The zero-order chi connectivity index (χ0) is 13.0. The van der Waals surface area contributed by atoms with Gasteiger partial charge in [-0.25, -0.2) is 0 Å². The molecule has 4 nitrogen and oxygen atoms in total. The molecule has 0 saturated heterocycles. The summed E-state index contributed by atoms with van der Waals surface area (Å²) in [5, 5.41) is 19.4. The lowest BCUT2D eigenvalue weighted by molar-refractivity contribution is 0.163. The summed E-state index contributed by atoms with van der Waals surface area (Å²) in [5.41, 5.74) is 7.35. The van der Waals surface area contributed by atoms with Gasteiger partial charge in [0.1, 0.15) is 5.75 Å². The molecule has 2 atom stereocenters. The number of aliphatic hydroxyl groups is 1. The summed E-state index contributed by atoms with van der Waals surface area (Å²) in [5.74, 6) is 0.141. The normalized spacial score (nSPS) is 14.4. The molecule has 0 unspecified atom stereocenters. The lowest BCUT2D eigenvalue weighted by Crippen LogP contribution is -2.24. The lowest BCUT2D eigenvalue weighted by Gasteiger charge is -2.23. The Hall–Kier alpha value is -1.26. The van der Waals surface area contributed by atoms with E-state index in [1.807, 2.05) is 6.07 Å². The summed E-state index contributed by atoms with van der Waals surface area (Å²) in [7, 11) is 0. The van der Waals surface area contributed by atoms with Gasteiger partial charge in [0, 0.05) is 30.4 Å². The second-order valence-corrected chi connectivity index (χ2v) is 4.18. The van der Waals surface area contributed by atoms with Crippen molar-refractivity contribution in [2.45, 2.75) is 32.9 Å². The Balaban J connectivity index is 3.01. The van der Waals surface area contributed by atoms with Gasteiger partial charge in [-0.05, 0) is 26.8 Å². The number of rotatable bonds is 5. The first-order valence-electron chi connectivity index (χ1n) is 6.02. The van der Waals surface area contributed by atoms with E-state index in [1.54, 1.807) is 19.1 Å². The van der Waals surface area contributed by atoms with Crippen molar-refractivity contribution in [1.82, 2.24) is 0 Å². The van der Waals surface area contributed by atoms with Gasteiger partial charge >= 0.3 is 0 Å². The van der Waals surface area contributed by atoms with E-state index in [0.717, 1.165) is 18.8 Å². The number of nitrogens with zero attached hydrogens (tertiary/aromatic N) is 1. The summed E-state index contributed by atoms with van der Waals surface area (Å²) >= 11 is 0. The monoisotopic (exact) mass is 238 g/mol. The summed E-state index contributed by atoms with van der Waals surface area (Å²) in [4.78, 5) is 2.14. The molecule has 0 saturated carbocycles. The van der Waals surface area contributed by atoms with Crippen LogP contribution in [0, 0.1) is 0 Å². The average molecular weight is 238 g/mol. The molecule has 96 valence electrons. The molecule has 0 fully saturated rings. The van der Waals surface area contributed by atoms with Crippen LogP contribution in [-0.4, -0.2) is 29.4 Å². The van der Waals surface area contributed by atoms with Gasteiger partial charge in [0.05, 0.1) is 12.1 Å². The van der Waals surface area contributed by atoms with Crippen molar-refractivity contribution in [3.05, 3.63) is 23.8 Å². The molecule has 0 radical (unpaired) electrons. The molecule has 4 heteroatoms. The summed E-state index contributed by atoms with van der Waals surface area (Å²) in [6.07, 6.45) is -0.680. The van der Waals surface area contributed by atoms with Crippen molar-refractivity contribution in [1.29, 1.82) is 0 Å². The van der Waals surface area contributed by atoms with Gasteiger partial charge in [-0.15, -0.1) is 0 Å². The topological polar surface area (TPSA) is 69.7 Å². The Bertz CT molecular complexity index is 362. The van der Waals surface area contributed by atoms with Crippen molar-refractivity contribution in [2.24, 2.45) is 5.73 Å². The average Bonchev–Trinajstić information content (AvgIpc) is 2.30. The standard InChI is InChI=1S/C13H22N2O2/c1-4-15(5-2)10-6-7-11(12(17)8-10)13(14)9(3)16/h6-9,13,16-17H,4-5,14H2,1-3H3/t9-,13-/m1/s1. The Kier molecular flexibility index (Phi) is 4.78. The predicted octanol–water partition coefficient (Wildman–Crippen LogP) is 1.62. The molecule has 0 aromatic heterocycles. The van der Waals surface area contributed by atoms with Crippen LogP contribution in [0.2, 0.25) is 0 Å². The van der Waals surface area contributed by atoms with Gasteiger partial charge in [0.2, 0.25) is 0 Å². The van der Waals surface area contributed by atoms with Gasteiger partial charge < -0.3 is 20.8 Å². The van der Waals surface area contributed by atoms with Gasteiger partial charge in [0.15, 0.2) is 0 Å². The van der Waals surface area contributed by atoms with Gasteiger partial charge in [-0.2, -0.15) is 0 Å². The molecule has 1 rings (SSSR count). The molecule has 0 bridgehead atoms. The van der Waals surface area contributed by atoms with Crippen LogP contribution in [-0.2, 0) is 0 Å². The maximum Gasteiger partial charge on any atom is 0.122 e. The minimum Gasteiger partial charge on any atom is -0.508 e. The van der Waals surface area contributed by atoms with Crippen LogP contribution in [0.4, 0.5) is 5.69 Å².